The second-order valence-corrected chi connectivity index (χ2v) is 5.11. The molecule has 3 rings (SSSR count). The molecule has 0 amide bonds. The monoisotopic (exact) mass is 217 g/mol. The highest BCUT2D eigenvalue weighted by molar-refractivity contribution is 5.59. The van der Waals surface area contributed by atoms with Gasteiger partial charge in [0.05, 0.1) is 6.61 Å². The van der Waals surface area contributed by atoms with Crippen LogP contribution in [-0.2, 0) is 13.0 Å². The van der Waals surface area contributed by atoms with E-state index in [4.69, 9.17) is 5.11 Å². The van der Waals surface area contributed by atoms with E-state index in [9.17, 15) is 0 Å². The van der Waals surface area contributed by atoms with Gasteiger partial charge in [0.2, 0.25) is 0 Å². The molecule has 0 aromatic heterocycles. The Labute approximate surface area is 96.9 Å². The smallest absolute Gasteiger partial charge is 0.0681 e. The number of nitrogens with zero attached hydrogens (tertiary/aromatic N) is 1. The lowest BCUT2D eigenvalue weighted by atomic mass is 9.85. The molecule has 0 saturated heterocycles. The lowest BCUT2D eigenvalue weighted by molar-refractivity contribution is 0.282. The van der Waals surface area contributed by atoms with E-state index in [0.29, 0.717) is 0 Å². The second-order valence-electron chi connectivity index (χ2n) is 5.11. The molecule has 2 aliphatic rings. The summed E-state index contributed by atoms with van der Waals surface area (Å²) in [6.07, 6.45) is 5.41. The summed E-state index contributed by atoms with van der Waals surface area (Å²) in [6.45, 7) is 2.57. The molecule has 1 saturated carbocycles. The van der Waals surface area contributed by atoms with Crippen LogP contribution in [0.1, 0.15) is 30.4 Å². The highest BCUT2D eigenvalue weighted by atomic mass is 16.3. The van der Waals surface area contributed by atoms with Crippen molar-refractivity contribution in [1.82, 2.24) is 0 Å². The van der Waals surface area contributed by atoms with Crippen LogP contribution < -0.4 is 4.90 Å². The van der Waals surface area contributed by atoms with Gasteiger partial charge in [0.25, 0.3) is 0 Å². The standard InChI is InChI=1S/C14H19NO/c16-10-12-4-5-14-13(8-12)6-7-15(14)9-11-2-1-3-11/h4-5,8,11,16H,1-3,6-7,9-10H2. The van der Waals surface area contributed by atoms with Crippen molar-refractivity contribution < 1.29 is 5.11 Å². The number of rotatable bonds is 3. The van der Waals surface area contributed by atoms with Gasteiger partial charge >= 0.3 is 0 Å². The Morgan fingerprint density at radius 1 is 1.31 bits per heavy atom. The largest absolute Gasteiger partial charge is 0.392 e. The molecule has 86 valence electrons. The normalized spacial score (nSPS) is 19.7. The third kappa shape index (κ3) is 1.71. The molecule has 1 aromatic rings. The second kappa shape index (κ2) is 4.10. The van der Waals surface area contributed by atoms with Crippen LogP contribution in [0.5, 0.6) is 0 Å². The molecule has 0 atom stereocenters. The first kappa shape index (κ1) is 10.2. The van der Waals surface area contributed by atoms with Gasteiger partial charge in [-0.3, -0.25) is 0 Å². The Hall–Kier alpha value is -1.02. The molecule has 1 heterocycles. The predicted molar refractivity (Wildman–Crippen MR) is 65.6 cm³/mol. The molecule has 2 nitrogen and oxygen atoms in total. The maximum Gasteiger partial charge on any atom is 0.0681 e. The molecule has 0 unspecified atom stereocenters. The Morgan fingerprint density at radius 3 is 2.88 bits per heavy atom. The zero-order valence-electron chi connectivity index (χ0n) is 9.65. The minimum absolute atomic E-state index is 0.163. The van der Waals surface area contributed by atoms with Gasteiger partial charge in [0.1, 0.15) is 0 Å². The minimum atomic E-state index is 0.163. The molecular weight excluding hydrogens is 198 g/mol. The molecule has 1 aliphatic carbocycles. The Balaban J connectivity index is 1.76. The Bertz CT molecular complexity index is 384. The highest BCUT2D eigenvalue weighted by Crippen LogP contribution is 2.33. The molecule has 1 fully saturated rings. The molecule has 1 aliphatic heterocycles. The van der Waals surface area contributed by atoms with E-state index in [1.165, 1.54) is 43.6 Å². The van der Waals surface area contributed by atoms with E-state index in [1.807, 2.05) is 0 Å². The number of benzene rings is 1. The number of hydrogen-bond acceptors (Lipinski definition) is 2. The average Bonchev–Trinajstić information content (AvgIpc) is 2.65. The average molecular weight is 217 g/mol. The summed E-state index contributed by atoms with van der Waals surface area (Å²) in [7, 11) is 0. The van der Waals surface area contributed by atoms with E-state index in [1.54, 1.807) is 0 Å². The van der Waals surface area contributed by atoms with Gasteiger partial charge in [-0.05, 0) is 42.4 Å². The van der Waals surface area contributed by atoms with E-state index in [2.05, 4.69) is 23.1 Å². The maximum atomic E-state index is 9.11. The van der Waals surface area contributed by atoms with Crippen molar-refractivity contribution in [2.24, 2.45) is 5.92 Å². The molecule has 16 heavy (non-hydrogen) atoms. The number of anilines is 1. The van der Waals surface area contributed by atoms with Crippen LogP contribution in [0.4, 0.5) is 5.69 Å². The van der Waals surface area contributed by atoms with Crippen LogP contribution in [0.3, 0.4) is 0 Å². The summed E-state index contributed by atoms with van der Waals surface area (Å²) in [5.74, 6) is 0.934. The van der Waals surface area contributed by atoms with Crippen molar-refractivity contribution in [2.45, 2.75) is 32.3 Å². The van der Waals surface area contributed by atoms with Crippen LogP contribution >= 0.6 is 0 Å². The summed E-state index contributed by atoms with van der Waals surface area (Å²) < 4.78 is 0. The predicted octanol–water partition coefficient (Wildman–Crippen LogP) is 2.34. The van der Waals surface area contributed by atoms with Crippen LogP contribution in [0.25, 0.3) is 0 Å². The molecule has 0 bridgehead atoms. The van der Waals surface area contributed by atoms with Crippen molar-refractivity contribution >= 4 is 5.69 Å². The van der Waals surface area contributed by atoms with Crippen LogP contribution in [0.15, 0.2) is 18.2 Å². The number of hydrogen-bond donors (Lipinski definition) is 1. The van der Waals surface area contributed by atoms with Gasteiger partial charge in [-0.2, -0.15) is 0 Å². The van der Waals surface area contributed by atoms with Crippen molar-refractivity contribution in [1.29, 1.82) is 0 Å². The first-order chi connectivity index (χ1) is 7.86. The van der Waals surface area contributed by atoms with Gasteiger partial charge in [0.15, 0.2) is 0 Å². The van der Waals surface area contributed by atoms with Crippen molar-refractivity contribution in [3.05, 3.63) is 29.3 Å². The van der Waals surface area contributed by atoms with Gasteiger partial charge in [0, 0.05) is 18.8 Å². The van der Waals surface area contributed by atoms with Crippen molar-refractivity contribution in [3.8, 4) is 0 Å². The molecule has 1 aromatic carbocycles. The molecule has 2 heteroatoms. The van der Waals surface area contributed by atoms with E-state index < -0.39 is 0 Å². The lowest BCUT2D eigenvalue weighted by Crippen LogP contribution is -2.31. The van der Waals surface area contributed by atoms with Crippen LogP contribution in [-0.4, -0.2) is 18.2 Å². The zero-order valence-corrected chi connectivity index (χ0v) is 9.65. The van der Waals surface area contributed by atoms with Gasteiger partial charge in [-0.1, -0.05) is 18.6 Å². The number of fused-ring (bicyclic) bond motifs is 1. The Morgan fingerprint density at radius 2 is 2.19 bits per heavy atom. The highest BCUT2D eigenvalue weighted by Gasteiger charge is 2.25. The van der Waals surface area contributed by atoms with Crippen LogP contribution in [0.2, 0.25) is 0 Å². The van der Waals surface area contributed by atoms with E-state index in [0.717, 1.165) is 17.9 Å². The summed E-state index contributed by atoms with van der Waals surface area (Å²) >= 11 is 0. The van der Waals surface area contributed by atoms with Crippen molar-refractivity contribution in [2.75, 3.05) is 18.0 Å². The van der Waals surface area contributed by atoms with Crippen molar-refractivity contribution in [3.63, 3.8) is 0 Å². The third-order valence-corrected chi connectivity index (χ3v) is 4.02. The molecular formula is C14H19NO. The zero-order chi connectivity index (χ0) is 11.0. The number of aliphatic hydroxyl groups is 1. The Kier molecular flexibility index (Phi) is 2.60. The fourth-order valence-electron chi connectivity index (χ4n) is 2.80. The first-order valence-electron chi connectivity index (χ1n) is 6.34. The summed E-state index contributed by atoms with van der Waals surface area (Å²) in [4.78, 5) is 2.53. The SMILES string of the molecule is OCc1ccc2c(c1)CCN2CC1CCC1. The quantitative estimate of drug-likeness (QED) is 0.840. The fourth-order valence-corrected chi connectivity index (χ4v) is 2.80. The van der Waals surface area contributed by atoms with Gasteiger partial charge < -0.3 is 10.0 Å². The number of aliphatic hydroxyl groups excluding tert-OH is 1. The maximum absolute atomic E-state index is 9.11. The van der Waals surface area contributed by atoms with E-state index >= 15 is 0 Å². The summed E-state index contributed by atoms with van der Waals surface area (Å²) in [6, 6.07) is 6.40. The van der Waals surface area contributed by atoms with Crippen LogP contribution in [0, 0.1) is 5.92 Å². The first-order valence-corrected chi connectivity index (χ1v) is 6.34. The fraction of sp³-hybridized carbons (Fsp3) is 0.571. The minimum Gasteiger partial charge on any atom is -0.392 e. The summed E-state index contributed by atoms with van der Waals surface area (Å²) in [5.41, 5.74) is 3.87. The van der Waals surface area contributed by atoms with Gasteiger partial charge in [-0.25, -0.2) is 0 Å². The van der Waals surface area contributed by atoms with E-state index in [-0.39, 0.29) is 6.61 Å². The topological polar surface area (TPSA) is 23.5 Å². The molecule has 1 N–H and O–H groups in total. The van der Waals surface area contributed by atoms with Gasteiger partial charge in [-0.15, -0.1) is 0 Å². The molecule has 0 spiro atoms. The summed E-state index contributed by atoms with van der Waals surface area (Å²) in [5, 5.41) is 9.11. The molecule has 0 radical (unpaired) electrons. The third-order valence-electron chi connectivity index (χ3n) is 4.02. The lowest BCUT2D eigenvalue weighted by Gasteiger charge is -2.31.